The van der Waals surface area contributed by atoms with E-state index in [0.717, 1.165) is 18.4 Å². The first kappa shape index (κ1) is 15.2. The van der Waals surface area contributed by atoms with Gasteiger partial charge in [0, 0.05) is 0 Å². The molecule has 1 atom stereocenters. The lowest BCUT2D eigenvalue weighted by Crippen LogP contribution is -2.38. The molecule has 0 saturated carbocycles. The Balaban J connectivity index is 1.55. The molecule has 2 amide bonds. The Kier molecular flexibility index (Phi) is 4.37. The third-order valence-electron chi connectivity index (χ3n) is 4.00. The van der Waals surface area contributed by atoms with E-state index in [1.54, 1.807) is 6.07 Å². The van der Waals surface area contributed by atoms with Crippen molar-refractivity contribution >= 4 is 11.8 Å². The Morgan fingerprint density at radius 3 is 2.65 bits per heavy atom. The van der Waals surface area contributed by atoms with E-state index >= 15 is 0 Å². The van der Waals surface area contributed by atoms with Crippen LogP contribution in [0.4, 0.5) is 4.39 Å². The van der Waals surface area contributed by atoms with Gasteiger partial charge in [0.15, 0.2) is 0 Å². The molecule has 23 heavy (non-hydrogen) atoms. The van der Waals surface area contributed by atoms with Gasteiger partial charge in [-0.05, 0) is 36.1 Å². The lowest BCUT2D eigenvalue weighted by atomic mass is 10.1. The summed E-state index contributed by atoms with van der Waals surface area (Å²) >= 11 is 0. The van der Waals surface area contributed by atoms with E-state index in [2.05, 4.69) is 16.7 Å². The maximum atomic E-state index is 13.5. The Hall–Kier alpha value is -2.69. The van der Waals surface area contributed by atoms with Crippen LogP contribution in [0.3, 0.4) is 0 Å². The van der Waals surface area contributed by atoms with Crippen molar-refractivity contribution in [1.29, 1.82) is 0 Å². The van der Waals surface area contributed by atoms with E-state index < -0.39 is 11.7 Å². The molecule has 0 heterocycles. The van der Waals surface area contributed by atoms with Gasteiger partial charge >= 0.3 is 0 Å². The molecule has 118 valence electrons. The summed E-state index contributed by atoms with van der Waals surface area (Å²) in [4.78, 5) is 23.9. The summed E-state index contributed by atoms with van der Waals surface area (Å²) in [5.74, 6) is -1.48. The zero-order valence-corrected chi connectivity index (χ0v) is 12.5. The highest BCUT2D eigenvalue weighted by atomic mass is 19.1. The van der Waals surface area contributed by atoms with E-state index in [4.69, 9.17) is 0 Å². The van der Waals surface area contributed by atoms with Crippen LogP contribution >= 0.6 is 0 Å². The SMILES string of the molecule is O=C(CNC(=O)c1ccccc1F)NC1CCc2ccccc21. The number of nitrogens with one attached hydrogen (secondary N) is 2. The quantitative estimate of drug-likeness (QED) is 0.910. The summed E-state index contributed by atoms with van der Waals surface area (Å²) in [5, 5.41) is 5.36. The van der Waals surface area contributed by atoms with Crippen LogP contribution in [0.5, 0.6) is 0 Å². The predicted molar refractivity (Wildman–Crippen MR) is 84.4 cm³/mol. The third kappa shape index (κ3) is 3.39. The Morgan fingerprint density at radius 2 is 1.83 bits per heavy atom. The van der Waals surface area contributed by atoms with Crippen molar-refractivity contribution in [3.8, 4) is 0 Å². The van der Waals surface area contributed by atoms with Gasteiger partial charge in [0.05, 0.1) is 18.2 Å². The molecular weight excluding hydrogens is 295 g/mol. The molecule has 0 aromatic heterocycles. The second kappa shape index (κ2) is 6.60. The molecule has 2 aromatic rings. The second-order valence-corrected chi connectivity index (χ2v) is 5.52. The Labute approximate surface area is 133 Å². The minimum Gasteiger partial charge on any atom is -0.348 e. The number of carbonyl (C=O) groups is 2. The smallest absolute Gasteiger partial charge is 0.254 e. The fourth-order valence-corrected chi connectivity index (χ4v) is 2.85. The zero-order valence-electron chi connectivity index (χ0n) is 12.5. The molecule has 0 saturated heterocycles. The van der Waals surface area contributed by atoms with Crippen molar-refractivity contribution in [2.45, 2.75) is 18.9 Å². The fourth-order valence-electron chi connectivity index (χ4n) is 2.85. The Bertz CT molecular complexity index is 745. The average molecular weight is 312 g/mol. The van der Waals surface area contributed by atoms with Crippen molar-refractivity contribution < 1.29 is 14.0 Å². The molecule has 0 fully saturated rings. The summed E-state index contributed by atoms with van der Waals surface area (Å²) in [6.45, 7) is -0.175. The molecule has 1 aliphatic carbocycles. The largest absolute Gasteiger partial charge is 0.348 e. The molecule has 0 radical (unpaired) electrons. The minimum absolute atomic E-state index is 0.0240. The summed E-state index contributed by atoms with van der Waals surface area (Å²) in [6, 6.07) is 13.7. The fraction of sp³-hybridized carbons (Fsp3) is 0.222. The van der Waals surface area contributed by atoms with Gasteiger partial charge in [-0.25, -0.2) is 4.39 Å². The zero-order chi connectivity index (χ0) is 16.2. The van der Waals surface area contributed by atoms with Crippen LogP contribution in [0.1, 0.15) is 33.9 Å². The summed E-state index contributed by atoms with van der Waals surface area (Å²) in [7, 11) is 0. The molecule has 2 N–H and O–H groups in total. The second-order valence-electron chi connectivity index (χ2n) is 5.52. The standard InChI is InChI=1S/C18H17FN2O2/c19-15-8-4-3-7-14(15)18(23)20-11-17(22)21-16-10-9-12-5-1-2-6-13(12)16/h1-8,16H,9-11H2,(H,20,23)(H,21,22). The number of benzene rings is 2. The van der Waals surface area contributed by atoms with Gasteiger partial charge in [-0.15, -0.1) is 0 Å². The number of rotatable bonds is 4. The van der Waals surface area contributed by atoms with E-state index in [9.17, 15) is 14.0 Å². The van der Waals surface area contributed by atoms with Crippen molar-refractivity contribution in [2.75, 3.05) is 6.54 Å². The molecule has 1 aliphatic rings. The molecular formula is C18H17FN2O2. The number of amides is 2. The first-order valence-corrected chi connectivity index (χ1v) is 7.55. The van der Waals surface area contributed by atoms with Crippen LogP contribution in [-0.4, -0.2) is 18.4 Å². The monoisotopic (exact) mass is 312 g/mol. The topological polar surface area (TPSA) is 58.2 Å². The summed E-state index contributed by atoms with van der Waals surface area (Å²) in [6.07, 6.45) is 1.79. The maximum absolute atomic E-state index is 13.5. The van der Waals surface area contributed by atoms with Crippen LogP contribution in [0.2, 0.25) is 0 Å². The molecule has 0 spiro atoms. The van der Waals surface area contributed by atoms with Gasteiger partial charge in [0.25, 0.3) is 5.91 Å². The molecule has 1 unspecified atom stereocenters. The minimum atomic E-state index is -0.602. The van der Waals surface area contributed by atoms with Crippen LogP contribution in [0.25, 0.3) is 0 Å². The number of fused-ring (bicyclic) bond motifs is 1. The van der Waals surface area contributed by atoms with Crippen molar-refractivity contribution in [3.63, 3.8) is 0 Å². The molecule has 0 aliphatic heterocycles. The van der Waals surface area contributed by atoms with E-state index in [1.807, 2.05) is 18.2 Å². The van der Waals surface area contributed by atoms with Crippen molar-refractivity contribution in [1.82, 2.24) is 10.6 Å². The van der Waals surface area contributed by atoms with E-state index in [-0.39, 0.29) is 24.1 Å². The van der Waals surface area contributed by atoms with Crippen LogP contribution < -0.4 is 10.6 Å². The van der Waals surface area contributed by atoms with Crippen LogP contribution in [0, 0.1) is 5.82 Å². The molecule has 3 rings (SSSR count). The van der Waals surface area contributed by atoms with Gasteiger partial charge in [-0.3, -0.25) is 9.59 Å². The van der Waals surface area contributed by atoms with Gasteiger partial charge in [-0.1, -0.05) is 36.4 Å². The normalized spacial score (nSPS) is 15.8. The van der Waals surface area contributed by atoms with E-state index in [1.165, 1.54) is 23.8 Å². The summed E-state index contributed by atoms with van der Waals surface area (Å²) in [5.41, 5.74) is 2.31. The number of hydrogen-bond donors (Lipinski definition) is 2. The van der Waals surface area contributed by atoms with Crippen LogP contribution in [0.15, 0.2) is 48.5 Å². The molecule has 5 heteroatoms. The number of aryl methyl sites for hydroxylation is 1. The van der Waals surface area contributed by atoms with E-state index in [0.29, 0.717) is 0 Å². The van der Waals surface area contributed by atoms with Gasteiger partial charge in [0.1, 0.15) is 5.82 Å². The maximum Gasteiger partial charge on any atom is 0.254 e. The lowest BCUT2D eigenvalue weighted by molar-refractivity contribution is -0.120. The molecule has 4 nitrogen and oxygen atoms in total. The van der Waals surface area contributed by atoms with Crippen molar-refractivity contribution in [2.24, 2.45) is 0 Å². The van der Waals surface area contributed by atoms with Crippen molar-refractivity contribution in [3.05, 3.63) is 71.0 Å². The van der Waals surface area contributed by atoms with Crippen LogP contribution in [-0.2, 0) is 11.2 Å². The first-order chi connectivity index (χ1) is 11.1. The molecule has 2 aromatic carbocycles. The van der Waals surface area contributed by atoms with Gasteiger partial charge in [0.2, 0.25) is 5.91 Å². The highest BCUT2D eigenvalue weighted by molar-refractivity contribution is 5.96. The number of carbonyl (C=O) groups excluding carboxylic acids is 2. The third-order valence-corrected chi connectivity index (χ3v) is 4.00. The number of halogens is 1. The highest BCUT2D eigenvalue weighted by Gasteiger charge is 2.23. The first-order valence-electron chi connectivity index (χ1n) is 7.55. The van der Waals surface area contributed by atoms with Gasteiger partial charge in [-0.2, -0.15) is 0 Å². The average Bonchev–Trinajstić information content (AvgIpc) is 2.96. The summed E-state index contributed by atoms with van der Waals surface area (Å²) < 4.78 is 13.5. The predicted octanol–water partition coefficient (Wildman–Crippen LogP) is 2.36. The lowest BCUT2D eigenvalue weighted by Gasteiger charge is -2.14. The number of hydrogen-bond acceptors (Lipinski definition) is 2. The Morgan fingerprint density at radius 1 is 1.09 bits per heavy atom. The van der Waals surface area contributed by atoms with Gasteiger partial charge < -0.3 is 10.6 Å². The highest BCUT2D eigenvalue weighted by Crippen LogP contribution is 2.30. The molecule has 0 bridgehead atoms.